The van der Waals surface area contributed by atoms with E-state index < -0.39 is 5.97 Å². The molecule has 1 aromatic rings. The van der Waals surface area contributed by atoms with Crippen LogP contribution in [-0.4, -0.2) is 24.9 Å². The van der Waals surface area contributed by atoms with Gasteiger partial charge in [0.1, 0.15) is 5.76 Å². The molecule has 2 atom stereocenters. The number of thioether (sulfide) groups is 1. The van der Waals surface area contributed by atoms with Gasteiger partial charge >= 0.3 is 5.97 Å². The van der Waals surface area contributed by atoms with E-state index in [0.29, 0.717) is 0 Å². The monoisotopic (exact) mass is 243 g/mol. The highest BCUT2D eigenvalue weighted by molar-refractivity contribution is 7.99. The zero-order chi connectivity index (χ0) is 12.1. The lowest BCUT2D eigenvalue weighted by molar-refractivity contribution is 0.0563. The fraction of sp³-hybridized carbons (Fsp3) is 0.545. The highest BCUT2D eigenvalue weighted by atomic mass is 32.2. The predicted molar refractivity (Wildman–Crippen MR) is 64.6 cm³/mol. The molecule has 0 bridgehead atoms. The predicted octanol–water partition coefficient (Wildman–Crippen LogP) is 2.21. The third-order valence-electron chi connectivity index (χ3n) is 2.02. The zero-order valence-corrected chi connectivity index (χ0v) is 10.5. The van der Waals surface area contributed by atoms with Gasteiger partial charge in [-0.15, -0.1) is 11.8 Å². The van der Waals surface area contributed by atoms with Crippen LogP contribution in [0.25, 0.3) is 0 Å². The number of ether oxygens (including phenoxy) is 1. The van der Waals surface area contributed by atoms with E-state index in [-0.39, 0.29) is 17.1 Å². The lowest BCUT2D eigenvalue weighted by Crippen LogP contribution is -2.17. The Kier molecular flexibility index (Phi) is 4.89. The number of nitrogens with two attached hydrogens (primary N) is 1. The molecule has 0 aliphatic heterocycles. The van der Waals surface area contributed by atoms with Crippen molar-refractivity contribution in [3.63, 3.8) is 0 Å². The molecule has 0 aliphatic rings. The first-order chi connectivity index (χ1) is 7.54. The van der Waals surface area contributed by atoms with Gasteiger partial charge in [0.15, 0.2) is 0 Å². The van der Waals surface area contributed by atoms with Crippen LogP contribution >= 0.6 is 11.8 Å². The van der Waals surface area contributed by atoms with Crippen molar-refractivity contribution in [1.82, 2.24) is 0 Å². The molecular formula is C11H17NO3S. The summed E-state index contributed by atoms with van der Waals surface area (Å²) in [5.41, 5.74) is 5.67. The highest BCUT2D eigenvalue weighted by Gasteiger charge is 2.15. The minimum Gasteiger partial charge on any atom is -0.463 e. The second-order valence-corrected chi connectivity index (χ2v) is 5.02. The Labute approximate surface area is 99.5 Å². The maximum Gasteiger partial charge on any atom is 0.373 e. The number of esters is 1. The van der Waals surface area contributed by atoms with Crippen LogP contribution in [0.1, 0.15) is 35.4 Å². The van der Waals surface area contributed by atoms with Crippen LogP contribution in [-0.2, 0) is 4.74 Å². The molecule has 0 amide bonds. The third kappa shape index (κ3) is 3.57. The molecule has 0 fully saturated rings. The van der Waals surface area contributed by atoms with Gasteiger partial charge in [0.25, 0.3) is 0 Å². The normalized spacial score (nSPS) is 14.5. The minimum atomic E-state index is -0.448. The smallest absolute Gasteiger partial charge is 0.373 e. The zero-order valence-electron chi connectivity index (χ0n) is 9.73. The van der Waals surface area contributed by atoms with Crippen molar-refractivity contribution >= 4 is 17.7 Å². The van der Waals surface area contributed by atoms with Crippen LogP contribution in [0.15, 0.2) is 16.5 Å². The molecule has 16 heavy (non-hydrogen) atoms. The van der Waals surface area contributed by atoms with Gasteiger partial charge in [0.05, 0.1) is 12.4 Å². The summed E-state index contributed by atoms with van der Waals surface area (Å²) >= 11 is 1.70. The van der Waals surface area contributed by atoms with Crippen molar-refractivity contribution in [3.8, 4) is 0 Å². The number of methoxy groups -OCH3 is 1. The van der Waals surface area contributed by atoms with E-state index in [9.17, 15) is 4.79 Å². The maximum atomic E-state index is 11.2. The molecule has 0 saturated carbocycles. The van der Waals surface area contributed by atoms with Crippen molar-refractivity contribution in [2.75, 3.05) is 12.9 Å². The van der Waals surface area contributed by atoms with Gasteiger partial charge < -0.3 is 14.9 Å². The van der Waals surface area contributed by atoms with Crippen LogP contribution in [0, 0.1) is 0 Å². The second-order valence-electron chi connectivity index (χ2n) is 3.65. The Bertz CT molecular complexity index is 349. The molecule has 0 radical (unpaired) electrons. The molecule has 2 unspecified atom stereocenters. The van der Waals surface area contributed by atoms with Crippen LogP contribution in [0.5, 0.6) is 0 Å². The van der Waals surface area contributed by atoms with E-state index in [4.69, 9.17) is 10.2 Å². The number of hydrogen-bond acceptors (Lipinski definition) is 5. The van der Waals surface area contributed by atoms with E-state index in [0.717, 1.165) is 11.5 Å². The molecule has 4 nitrogen and oxygen atoms in total. The topological polar surface area (TPSA) is 65.5 Å². The molecule has 0 aromatic carbocycles. The quantitative estimate of drug-likeness (QED) is 0.803. The molecule has 1 heterocycles. The number of furan rings is 1. The second kappa shape index (κ2) is 5.96. The van der Waals surface area contributed by atoms with Crippen LogP contribution in [0.3, 0.4) is 0 Å². The first-order valence-electron chi connectivity index (χ1n) is 5.09. The molecule has 2 N–H and O–H groups in total. The number of carbonyl (C=O) groups excluding carboxylic acids is 1. The summed E-state index contributed by atoms with van der Waals surface area (Å²) in [7, 11) is 1.33. The molecule has 0 spiro atoms. The molecule has 90 valence electrons. The first-order valence-corrected chi connectivity index (χ1v) is 6.14. The molecule has 1 rings (SSSR count). The van der Waals surface area contributed by atoms with Gasteiger partial charge in [-0.05, 0) is 26.0 Å². The Morgan fingerprint density at radius 2 is 2.25 bits per heavy atom. The Balaban J connectivity index is 2.59. The number of rotatable bonds is 5. The van der Waals surface area contributed by atoms with Crippen molar-refractivity contribution in [3.05, 3.63) is 23.7 Å². The van der Waals surface area contributed by atoms with Gasteiger partial charge in [-0.3, -0.25) is 0 Å². The molecule has 0 aliphatic carbocycles. The number of hydrogen-bond donors (Lipinski definition) is 1. The summed E-state index contributed by atoms with van der Waals surface area (Å²) in [5.74, 6) is 1.42. The fourth-order valence-corrected chi connectivity index (χ4v) is 2.04. The standard InChI is InChI=1S/C11H17NO3S/c1-7(12)6-16-8(2)9-4-5-10(15-9)11(13)14-3/h4-5,7-8H,6,12H2,1-3H3. The summed E-state index contributed by atoms with van der Waals surface area (Å²) in [4.78, 5) is 11.2. The van der Waals surface area contributed by atoms with E-state index in [1.165, 1.54) is 7.11 Å². The molecular weight excluding hydrogens is 226 g/mol. The molecule has 1 aromatic heterocycles. The SMILES string of the molecule is COC(=O)c1ccc(C(C)SCC(C)N)o1. The fourth-order valence-electron chi connectivity index (χ4n) is 1.16. The van der Waals surface area contributed by atoms with E-state index in [1.807, 2.05) is 13.8 Å². The summed E-state index contributed by atoms with van der Waals surface area (Å²) in [6, 6.07) is 3.58. The third-order valence-corrected chi connectivity index (χ3v) is 3.47. The number of carbonyl (C=O) groups is 1. The van der Waals surface area contributed by atoms with Crippen molar-refractivity contribution in [1.29, 1.82) is 0 Å². The Morgan fingerprint density at radius 3 is 2.81 bits per heavy atom. The van der Waals surface area contributed by atoms with Crippen molar-refractivity contribution in [2.24, 2.45) is 5.73 Å². The Hall–Kier alpha value is -0.940. The average molecular weight is 243 g/mol. The van der Waals surface area contributed by atoms with Crippen LogP contribution < -0.4 is 5.73 Å². The van der Waals surface area contributed by atoms with Crippen LogP contribution in [0.4, 0.5) is 0 Å². The van der Waals surface area contributed by atoms with Gasteiger partial charge in [-0.25, -0.2) is 4.79 Å². The van der Waals surface area contributed by atoms with Crippen molar-refractivity contribution in [2.45, 2.75) is 25.1 Å². The molecule has 5 heteroatoms. The highest BCUT2D eigenvalue weighted by Crippen LogP contribution is 2.29. The van der Waals surface area contributed by atoms with Crippen molar-refractivity contribution < 1.29 is 13.9 Å². The average Bonchev–Trinajstić information content (AvgIpc) is 2.74. The lowest BCUT2D eigenvalue weighted by Gasteiger charge is -2.10. The van der Waals surface area contributed by atoms with E-state index in [2.05, 4.69) is 4.74 Å². The summed E-state index contributed by atoms with van der Waals surface area (Å²) in [5, 5.41) is 0.185. The largest absolute Gasteiger partial charge is 0.463 e. The summed E-state index contributed by atoms with van der Waals surface area (Å²) in [6.07, 6.45) is 0. The first kappa shape index (κ1) is 13.1. The summed E-state index contributed by atoms with van der Waals surface area (Å²) < 4.78 is 9.96. The van der Waals surface area contributed by atoms with Crippen LogP contribution in [0.2, 0.25) is 0 Å². The van der Waals surface area contributed by atoms with E-state index in [1.54, 1.807) is 23.9 Å². The molecule has 0 saturated heterocycles. The minimum absolute atomic E-state index is 0.155. The van der Waals surface area contributed by atoms with Gasteiger partial charge in [-0.1, -0.05) is 0 Å². The maximum absolute atomic E-state index is 11.2. The van der Waals surface area contributed by atoms with Gasteiger partial charge in [0, 0.05) is 11.8 Å². The summed E-state index contributed by atoms with van der Waals surface area (Å²) in [6.45, 7) is 3.98. The lowest BCUT2D eigenvalue weighted by atomic mass is 10.3. The van der Waals surface area contributed by atoms with Gasteiger partial charge in [0.2, 0.25) is 5.76 Å². The Morgan fingerprint density at radius 1 is 1.56 bits per heavy atom. The van der Waals surface area contributed by atoms with Gasteiger partial charge in [-0.2, -0.15) is 0 Å². The van der Waals surface area contributed by atoms with E-state index >= 15 is 0 Å².